The first-order valence-corrected chi connectivity index (χ1v) is 7.36. The van der Waals surface area contributed by atoms with Crippen LogP contribution in [-0.2, 0) is 9.53 Å². The van der Waals surface area contributed by atoms with E-state index < -0.39 is 5.92 Å². The fourth-order valence-electron chi connectivity index (χ4n) is 2.34. The smallest absolute Gasteiger partial charge is 0.154 e. The molecule has 2 unspecified atom stereocenters. The van der Waals surface area contributed by atoms with Gasteiger partial charge in [0.2, 0.25) is 0 Å². The summed E-state index contributed by atoms with van der Waals surface area (Å²) in [7, 11) is 0. The minimum absolute atomic E-state index is 0.0959. The molecule has 1 heterocycles. The van der Waals surface area contributed by atoms with Gasteiger partial charge in [0.1, 0.15) is 5.92 Å². The van der Waals surface area contributed by atoms with Gasteiger partial charge in [-0.25, -0.2) is 0 Å². The van der Waals surface area contributed by atoms with E-state index in [-0.39, 0.29) is 11.9 Å². The summed E-state index contributed by atoms with van der Waals surface area (Å²) in [5.74, 6) is -0.882. The van der Waals surface area contributed by atoms with Crippen molar-refractivity contribution in [2.45, 2.75) is 37.7 Å². The van der Waals surface area contributed by atoms with Crippen LogP contribution in [0, 0.1) is 11.3 Å². The van der Waals surface area contributed by atoms with Gasteiger partial charge in [0.05, 0.1) is 22.2 Å². The standard InChI is InChI=1S/C15H15Cl2NO2/c16-13-5-3-10(8-14(13)17)12(9-18)15(19)6-4-11-2-1-7-20-11/h3,5,8,11-12H,1-2,4,6-7H2. The molecule has 1 fully saturated rings. The third-order valence-electron chi connectivity index (χ3n) is 3.46. The third-order valence-corrected chi connectivity index (χ3v) is 4.20. The lowest BCUT2D eigenvalue weighted by molar-refractivity contribution is -0.120. The van der Waals surface area contributed by atoms with Crippen LogP contribution in [0.4, 0.5) is 0 Å². The average Bonchev–Trinajstić information content (AvgIpc) is 2.94. The van der Waals surface area contributed by atoms with E-state index in [2.05, 4.69) is 0 Å². The Morgan fingerprint density at radius 3 is 2.85 bits per heavy atom. The molecule has 1 aliphatic rings. The molecule has 20 heavy (non-hydrogen) atoms. The van der Waals surface area contributed by atoms with Gasteiger partial charge in [-0.1, -0.05) is 29.3 Å². The van der Waals surface area contributed by atoms with E-state index >= 15 is 0 Å². The largest absolute Gasteiger partial charge is 0.378 e. The predicted molar refractivity (Wildman–Crippen MR) is 78.0 cm³/mol. The summed E-state index contributed by atoms with van der Waals surface area (Å²) in [6.45, 7) is 0.771. The SMILES string of the molecule is N#CC(C(=O)CCC1CCCO1)c1ccc(Cl)c(Cl)c1. The van der Waals surface area contributed by atoms with Crippen molar-refractivity contribution in [2.24, 2.45) is 0 Å². The second kappa shape index (κ2) is 7.08. The molecule has 1 saturated heterocycles. The lowest BCUT2D eigenvalue weighted by Gasteiger charge is -2.12. The number of hydrogen-bond acceptors (Lipinski definition) is 3. The quantitative estimate of drug-likeness (QED) is 0.821. The number of carbonyl (C=O) groups excluding carboxylic acids is 1. The monoisotopic (exact) mass is 311 g/mol. The van der Waals surface area contributed by atoms with Crippen molar-refractivity contribution in [3.63, 3.8) is 0 Å². The Hall–Kier alpha value is -1.08. The van der Waals surface area contributed by atoms with E-state index in [4.69, 9.17) is 27.9 Å². The normalized spacial score (nSPS) is 19.6. The van der Waals surface area contributed by atoms with Crippen LogP contribution in [0.5, 0.6) is 0 Å². The Bertz CT molecular complexity index is 533. The van der Waals surface area contributed by atoms with Gasteiger partial charge >= 0.3 is 0 Å². The molecule has 0 radical (unpaired) electrons. The number of nitriles is 1. The second-order valence-corrected chi connectivity index (χ2v) is 5.69. The highest BCUT2D eigenvalue weighted by Gasteiger charge is 2.23. The maximum absolute atomic E-state index is 12.2. The molecule has 1 aromatic carbocycles. The number of Topliss-reactive ketones (excluding diaryl/α,β-unsaturated/α-hetero) is 1. The first-order chi connectivity index (χ1) is 9.61. The van der Waals surface area contributed by atoms with Gasteiger partial charge < -0.3 is 4.74 Å². The number of nitrogens with zero attached hydrogens (tertiary/aromatic N) is 1. The van der Waals surface area contributed by atoms with Gasteiger partial charge in [-0.15, -0.1) is 0 Å². The number of halogens is 2. The third kappa shape index (κ3) is 3.73. The van der Waals surface area contributed by atoms with Crippen LogP contribution in [0.1, 0.15) is 37.2 Å². The molecular formula is C15H15Cl2NO2. The molecule has 2 rings (SSSR count). The number of hydrogen-bond donors (Lipinski definition) is 0. The lowest BCUT2D eigenvalue weighted by atomic mass is 9.92. The summed E-state index contributed by atoms with van der Waals surface area (Å²) >= 11 is 11.8. The number of ketones is 1. The van der Waals surface area contributed by atoms with E-state index in [0.29, 0.717) is 28.5 Å². The van der Waals surface area contributed by atoms with Crippen LogP contribution < -0.4 is 0 Å². The van der Waals surface area contributed by atoms with Crippen molar-refractivity contribution in [3.8, 4) is 6.07 Å². The molecule has 1 aromatic rings. The van der Waals surface area contributed by atoms with Crippen LogP contribution in [0.2, 0.25) is 10.0 Å². The van der Waals surface area contributed by atoms with Gasteiger partial charge in [-0.05, 0) is 37.0 Å². The molecule has 0 bridgehead atoms. The van der Waals surface area contributed by atoms with Crippen molar-refractivity contribution in [1.29, 1.82) is 5.26 Å². The van der Waals surface area contributed by atoms with E-state index in [1.54, 1.807) is 18.2 Å². The van der Waals surface area contributed by atoms with Crippen LogP contribution in [0.15, 0.2) is 18.2 Å². The molecule has 5 heteroatoms. The summed E-state index contributed by atoms with van der Waals surface area (Å²) < 4.78 is 5.48. The highest BCUT2D eigenvalue weighted by molar-refractivity contribution is 6.42. The minimum Gasteiger partial charge on any atom is -0.378 e. The minimum atomic E-state index is -0.786. The molecule has 0 amide bonds. The molecule has 1 aliphatic heterocycles. The number of ether oxygens (including phenoxy) is 1. The molecule has 0 aliphatic carbocycles. The second-order valence-electron chi connectivity index (χ2n) is 4.88. The number of carbonyl (C=O) groups is 1. The number of rotatable bonds is 5. The Labute approximate surface area is 128 Å². The zero-order valence-electron chi connectivity index (χ0n) is 10.9. The van der Waals surface area contributed by atoms with Crippen molar-refractivity contribution >= 4 is 29.0 Å². The Morgan fingerprint density at radius 1 is 1.45 bits per heavy atom. The molecular weight excluding hydrogens is 297 g/mol. The van der Waals surface area contributed by atoms with Crippen LogP contribution in [-0.4, -0.2) is 18.5 Å². The summed E-state index contributed by atoms with van der Waals surface area (Å²) in [6, 6.07) is 6.91. The molecule has 0 spiro atoms. The zero-order chi connectivity index (χ0) is 14.5. The topological polar surface area (TPSA) is 50.1 Å². The predicted octanol–water partition coefficient (Wildman–Crippen LogP) is 4.13. The lowest BCUT2D eigenvalue weighted by Crippen LogP contribution is -2.14. The maximum Gasteiger partial charge on any atom is 0.154 e. The Morgan fingerprint density at radius 2 is 2.25 bits per heavy atom. The van der Waals surface area contributed by atoms with Gasteiger partial charge in [0.25, 0.3) is 0 Å². The molecule has 2 atom stereocenters. The van der Waals surface area contributed by atoms with Crippen LogP contribution in [0.3, 0.4) is 0 Å². The summed E-state index contributed by atoms with van der Waals surface area (Å²) in [5.41, 5.74) is 0.597. The van der Waals surface area contributed by atoms with Crippen molar-refractivity contribution in [3.05, 3.63) is 33.8 Å². The Kier molecular flexibility index (Phi) is 5.42. The number of benzene rings is 1. The summed E-state index contributed by atoms with van der Waals surface area (Å²) in [4.78, 5) is 12.2. The molecule has 3 nitrogen and oxygen atoms in total. The fourth-order valence-corrected chi connectivity index (χ4v) is 2.65. The van der Waals surface area contributed by atoms with Gasteiger partial charge in [-0.3, -0.25) is 4.79 Å². The fraction of sp³-hybridized carbons (Fsp3) is 0.467. The average molecular weight is 312 g/mol. The highest BCUT2D eigenvalue weighted by atomic mass is 35.5. The molecule has 0 saturated carbocycles. The molecule has 0 N–H and O–H groups in total. The van der Waals surface area contributed by atoms with Gasteiger partial charge in [-0.2, -0.15) is 5.26 Å². The first kappa shape index (κ1) is 15.3. The van der Waals surface area contributed by atoms with E-state index in [0.717, 1.165) is 19.4 Å². The van der Waals surface area contributed by atoms with Crippen LogP contribution >= 0.6 is 23.2 Å². The van der Waals surface area contributed by atoms with Gasteiger partial charge in [0.15, 0.2) is 5.78 Å². The highest BCUT2D eigenvalue weighted by Crippen LogP contribution is 2.28. The summed E-state index contributed by atoms with van der Waals surface area (Å²) in [5, 5.41) is 10.00. The molecule has 106 valence electrons. The van der Waals surface area contributed by atoms with Gasteiger partial charge in [0, 0.05) is 13.0 Å². The molecule has 0 aromatic heterocycles. The Balaban J connectivity index is 2.01. The van der Waals surface area contributed by atoms with Crippen LogP contribution in [0.25, 0.3) is 0 Å². The zero-order valence-corrected chi connectivity index (χ0v) is 12.5. The van der Waals surface area contributed by atoms with E-state index in [1.807, 2.05) is 6.07 Å². The van der Waals surface area contributed by atoms with Crippen molar-refractivity contribution in [1.82, 2.24) is 0 Å². The first-order valence-electron chi connectivity index (χ1n) is 6.60. The van der Waals surface area contributed by atoms with Crippen molar-refractivity contribution < 1.29 is 9.53 Å². The maximum atomic E-state index is 12.2. The van der Waals surface area contributed by atoms with E-state index in [9.17, 15) is 10.1 Å². The summed E-state index contributed by atoms with van der Waals surface area (Å²) in [6.07, 6.45) is 3.23. The van der Waals surface area contributed by atoms with Crippen molar-refractivity contribution in [2.75, 3.05) is 6.61 Å². The van der Waals surface area contributed by atoms with E-state index in [1.165, 1.54) is 0 Å².